The summed E-state index contributed by atoms with van der Waals surface area (Å²) in [5.74, 6) is 0. The molecule has 1 aliphatic heterocycles. The van der Waals surface area contributed by atoms with Crippen molar-refractivity contribution in [1.29, 1.82) is 0 Å². The molecular weight excluding hydrogens is 162 g/mol. The van der Waals surface area contributed by atoms with Crippen molar-refractivity contribution in [3.8, 4) is 0 Å². The van der Waals surface area contributed by atoms with Crippen LogP contribution in [0.2, 0.25) is 0 Å². The Morgan fingerprint density at radius 2 is 2.20 bits per heavy atom. The van der Waals surface area contributed by atoms with Crippen LogP contribution in [0, 0.1) is 0 Å². The van der Waals surface area contributed by atoms with Crippen LogP contribution in [0.1, 0.15) is 19.3 Å². The van der Waals surface area contributed by atoms with Crippen molar-refractivity contribution in [3.05, 3.63) is 0 Å². The van der Waals surface area contributed by atoms with Crippen molar-refractivity contribution in [2.45, 2.75) is 24.6 Å². The first kappa shape index (κ1) is 8.75. The molecule has 0 N–H and O–H groups in total. The first-order chi connectivity index (χ1) is 4.84. The maximum atomic E-state index is 2.46. The van der Waals surface area contributed by atoms with Gasteiger partial charge in [0.05, 0.1) is 5.37 Å². The zero-order chi connectivity index (χ0) is 7.40. The molecule has 3 heteroatoms. The van der Waals surface area contributed by atoms with E-state index >= 15 is 0 Å². The van der Waals surface area contributed by atoms with E-state index in [4.69, 9.17) is 0 Å². The topological polar surface area (TPSA) is 3.24 Å². The minimum Gasteiger partial charge on any atom is -0.294 e. The molecule has 0 aromatic rings. The third-order valence-electron chi connectivity index (χ3n) is 1.91. The van der Waals surface area contributed by atoms with E-state index in [2.05, 4.69) is 18.2 Å². The molecule has 1 aliphatic rings. The molecule has 60 valence electrons. The minimum absolute atomic E-state index is 0.781. The largest absolute Gasteiger partial charge is 0.294 e. The predicted molar refractivity (Wildman–Crippen MR) is 51.4 cm³/mol. The molecule has 0 amide bonds. The second-order valence-corrected chi connectivity index (χ2v) is 5.34. The van der Waals surface area contributed by atoms with E-state index in [-0.39, 0.29) is 0 Å². The maximum Gasteiger partial charge on any atom is 0.0659 e. The lowest BCUT2D eigenvalue weighted by atomic mass is 10.1. The summed E-state index contributed by atoms with van der Waals surface area (Å²) in [7, 11) is 6.12. The molecule has 1 heterocycles. The van der Waals surface area contributed by atoms with E-state index in [1.165, 1.54) is 25.8 Å². The highest BCUT2D eigenvalue weighted by molar-refractivity contribution is 8.76. The highest BCUT2D eigenvalue weighted by atomic mass is 33.1. The van der Waals surface area contributed by atoms with Gasteiger partial charge in [0.1, 0.15) is 0 Å². The smallest absolute Gasteiger partial charge is 0.0659 e. The molecule has 0 aromatic carbocycles. The van der Waals surface area contributed by atoms with E-state index in [0.717, 1.165) is 5.37 Å². The Morgan fingerprint density at radius 1 is 1.40 bits per heavy atom. The first-order valence-electron chi connectivity index (χ1n) is 3.74. The molecule has 0 spiro atoms. The fourth-order valence-electron chi connectivity index (χ4n) is 1.28. The first-order valence-corrected chi connectivity index (χ1v) is 6.36. The third kappa shape index (κ3) is 2.36. The summed E-state index contributed by atoms with van der Waals surface area (Å²) in [6.45, 7) is 1.29. The molecule has 0 radical (unpaired) electrons. The monoisotopic (exact) mass is 177 g/mol. The highest BCUT2D eigenvalue weighted by Gasteiger charge is 2.18. The Kier molecular flexibility index (Phi) is 3.96. The molecule has 0 aromatic heterocycles. The van der Waals surface area contributed by atoms with Gasteiger partial charge < -0.3 is 0 Å². The average Bonchev–Trinajstić information content (AvgIpc) is 1.94. The van der Waals surface area contributed by atoms with Crippen LogP contribution in [0.15, 0.2) is 0 Å². The number of likely N-dealkylation sites (tertiary alicyclic amines) is 1. The summed E-state index contributed by atoms with van der Waals surface area (Å²) in [6.07, 6.45) is 6.35. The third-order valence-corrected chi connectivity index (χ3v) is 4.16. The van der Waals surface area contributed by atoms with Crippen molar-refractivity contribution in [2.24, 2.45) is 0 Å². The fraction of sp³-hybridized carbons (Fsp3) is 1.00. The van der Waals surface area contributed by atoms with Gasteiger partial charge in [-0.2, -0.15) is 0 Å². The zero-order valence-electron chi connectivity index (χ0n) is 6.67. The van der Waals surface area contributed by atoms with Crippen LogP contribution in [0.25, 0.3) is 0 Å². The maximum absolute atomic E-state index is 2.46. The van der Waals surface area contributed by atoms with Gasteiger partial charge in [-0.15, -0.1) is 0 Å². The Labute approximate surface area is 71.3 Å². The van der Waals surface area contributed by atoms with Crippen molar-refractivity contribution in [2.75, 3.05) is 19.8 Å². The Bertz CT molecular complexity index is 95.6. The Hall–Kier alpha value is 0.660. The number of hydrogen-bond acceptors (Lipinski definition) is 3. The predicted octanol–water partition coefficient (Wildman–Crippen LogP) is 2.44. The Morgan fingerprint density at radius 3 is 2.80 bits per heavy atom. The summed E-state index contributed by atoms with van der Waals surface area (Å²) in [6, 6.07) is 0. The lowest BCUT2D eigenvalue weighted by molar-refractivity contribution is 0.253. The lowest BCUT2D eigenvalue weighted by Crippen LogP contribution is -2.33. The molecule has 1 fully saturated rings. The average molecular weight is 177 g/mol. The molecule has 0 saturated carbocycles. The van der Waals surface area contributed by atoms with E-state index in [1.54, 1.807) is 0 Å². The molecule has 0 bridgehead atoms. The zero-order valence-corrected chi connectivity index (χ0v) is 8.30. The van der Waals surface area contributed by atoms with Crippen LogP contribution in [0.3, 0.4) is 0 Å². The number of rotatable bonds is 2. The summed E-state index contributed by atoms with van der Waals surface area (Å²) in [4.78, 5) is 2.46. The molecule has 1 nitrogen and oxygen atoms in total. The van der Waals surface area contributed by atoms with Crippen LogP contribution >= 0.6 is 21.6 Å². The Balaban J connectivity index is 2.25. The van der Waals surface area contributed by atoms with Crippen LogP contribution < -0.4 is 0 Å². The van der Waals surface area contributed by atoms with E-state index in [9.17, 15) is 0 Å². The quantitative estimate of drug-likeness (QED) is 0.596. The molecular formula is C7H15NS2. The SMILES string of the molecule is CSSC1CCCCN1C. The molecule has 10 heavy (non-hydrogen) atoms. The number of hydrogen-bond donors (Lipinski definition) is 0. The number of piperidine rings is 1. The number of nitrogens with zero attached hydrogens (tertiary/aromatic N) is 1. The minimum atomic E-state index is 0.781. The van der Waals surface area contributed by atoms with Crippen molar-refractivity contribution in [1.82, 2.24) is 4.90 Å². The lowest BCUT2D eigenvalue weighted by Gasteiger charge is -2.30. The van der Waals surface area contributed by atoms with Gasteiger partial charge in [-0.05, 0) is 39.1 Å². The van der Waals surface area contributed by atoms with E-state index in [1.807, 2.05) is 21.6 Å². The van der Waals surface area contributed by atoms with Gasteiger partial charge in [-0.3, -0.25) is 4.90 Å². The van der Waals surface area contributed by atoms with Crippen molar-refractivity contribution >= 4 is 21.6 Å². The van der Waals surface area contributed by atoms with Crippen LogP contribution in [0.5, 0.6) is 0 Å². The second kappa shape index (κ2) is 4.52. The van der Waals surface area contributed by atoms with Gasteiger partial charge in [-0.1, -0.05) is 21.6 Å². The van der Waals surface area contributed by atoms with Crippen LogP contribution in [-0.4, -0.2) is 30.1 Å². The fourth-order valence-corrected chi connectivity index (χ4v) is 3.41. The normalized spacial score (nSPS) is 28.8. The van der Waals surface area contributed by atoms with Crippen molar-refractivity contribution < 1.29 is 0 Å². The van der Waals surface area contributed by atoms with Crippen LogP contribution in [-0.2, 0) is 0 Å². The summed E-state index contributed by atoms with van der Waals surface area (Å²) >= 11 is 0. The van der Waals surface area contributed by atoms with Gasteiger partial charge in [0.2, 0.25) is 0 Å². The summed E-state index contributed by atoms with van der Waals surface area (Å²) in [5, 5.41) is 0.781. The molecule has 1 atom stereocenters. The molecule has 1 saturated heterocycles. The molecule has 1 unspecified atom stereocenters. The van der Waals surface area contributed by atoms with Gasteiger partial charge in [0, 0.05) is 0 Å². The molecule has 1 rings (SSSR count). The summed E-state index contributed by atoms with van der Waals surface area (Å²) < 4.78 is 0. The van der Waals surface area contributed by atoms with E-state index < -0.39 is 0 Å². The standard InChI is InChI=1S/C7H15NS2/c1-8-6-4-3-5-7(8)10-9-2/h7H,3-6H2,1-2H3. The van der Waals surface area contributed by atoms with Gasteiger partial charge in [0.25, 0.3) is 0 Å². The highest BCUT2D eigenvalue weighted by Crippen LogP contribution is 2.31. The van der Waals surface area contributed by atoms with E-state index in [0.29, 0.717) is 0 Å². The second-order valence-electron chi connectivity index (χ2n) is 2.69. The van der Waals surface area contributed by atoms with Crippen molar-refractivity contribution in [3.63, 3.8) is 0 Å². The van der Waals surface area contributed by atoms with Gasteiger partial charge in [0.15, 0.2) is 0 Å². The van der Waals surface area contributed by atoms with Crippen LogP contribution in [0.4, 0.5) is 0 Å². The van der Waals surface area contributed by atoms with Gasteiger partial charge in [-0.25, -0.2) is 0 Å². The molecule has 0 aliphatic carbocycles. The summed E-state index contributed by atoms with van der Waals surface area (Å²) in [5.41, 5.74) is 0. The van der Waals surface area contributed by atoms with Gasteiger partial charge >= 0.3 is 0 Å².